The van der Waals surface area contributed by atoms with Crippen LogP contribution in [0.3, 0.4) is 0 Å². The van der Waals surface area contributed by atoms with Crippen LogP contribution in [0.4, 0.5) is 0 Å². The zero-order valence-electron chi connectivity index (χ0n) is 8.75. The van der Waals surface area contributed by atoms with E-state index in [0.29, 0.717) is 18.1 Å². The molecule has 16 heavy (non-hydrogen) atoms. The summed E-state index contributed by atoms with van der Waals surface area (Å²) in [7, 11) is 0. The highest BCUT2D eigenvalue weighted by molar-refractivity contribution is 5.64. The summed E-state index contributed by atoms with van der Waals surface area (Å²) in [6, 6.07) is 5.38. The van der Waals surface area contributed by atoms with Gasteiger partial charge in [0, 0.05) is 11.6 Å². The van der Waals surface area contributed by atoms with Crippen LogP contribution in [-0.4, -0.2) is 17.8 Å². The van der Waals surface area contributed by atoms with Gasteiger partial charge in [-0.3, -0.25) is 10.1 Å². The van der Waals surface area contributed by atoms with Crippen molar-refractivity contribution in [2.45, 2.75) is 13.2 Å². The molecular formula is C11H11NO4. The van der Waals surface area contributed by atoms with Crippen molar-refractivity contribution >= 4 is 6.08 Å². The van der Waals surface area contributed by atoms with E-state index in [4.69, 9.17) is 9.47 Å². The molecule has 84 valence electrons. The lowest BCUT2D eigenvalue weighted by Crippen LogP contribution is -2.26. The molecule has 1 heterocycles. The van der Waals surface area contributed by atoms with E-state index < -0.39 is 11.2 Å². The van der Waals surface area contributed by atoms with Crippen molar-refractivity contribution in [1.82, 2.24) is 0 Å². The summed E-state index contributed by atoms with van der Waals surface area (Å²) in [5.41, 5.74) is 0.795. The summed E-state index contributed by atoms with van der Waals surface area (Å²) in [4.78, 5) is 10.1. The maximum absolute atomic E-state index is 10.6. The Hall–Kier alpha value is -2.04. The SMILES string of the molecule is CCOc1cccc2c1OC([N+](=O)[O-])C=C2. The number of hydrogen-bond donors (Lipinski definition) is 0. The van der Waals surface area contributed by atoms with Gasteiger partial charge in [0.1, 0.15) is 0 Å². The van der Waals surface area contributed by atoms with Crippen LogP contribution >= 0.6 is 0 Å². The second kappa shape index (κ2) is 4.22. The largest absolute Gasteiger partial charge is 0.490 e. The molecule has 0 spiro atoms. The minimum atomic E-state index is -1.13. The molecule has 5 heteroatoms. The van der Waals surface area contributed by atoms with E-state index >= 15 is 0 Å². The Morgan fingerprint density at radius 1 is 1.56 bits per heavy atom. The van der Waals surface area contributed by atoms with Crippen LogP contribution in [-0.2, 0) is 0 Å². The van der Waals surface area contributed by atoms with Crippen molar-refractivity contribution in [3.05, 3.63) is 40.0 Å². The van der Waals surface area contributed by atoms with Crippen LogP contribution < -0.4 is 9.47 Å². The lowest BCUT2D eigenvalue weighted by Gasteiger charge is -2.18. The van der Waals surface area contributed by atoms with E-state index in [1.54, 1.807) is 12.1 Å². The van der Waals surface area contributed by atoms with Crippen molar-refractivity contribution in [2.24, 2.45) is 0 Å². The third-order valence-electron chi connectivity index (χ3n) is 2.20. The van der Waals surface area contributed by atoms with E-state index in [9.17, 15) is 10.1 Å². The van der Waals surface area contributed by atoms with E-state index in [1.165, 1.54) is 6.08 Å². The molecule has 1 aliphatic heterocycles. The molecule has 2 rings (SSSR count). The molecule has 0 N–H and O–H groups in total. The summed E-state index contributed by atoms with van der Waals surface area (Å²) in [5, 5.41) is 10.6. The first-order chi connectivity index (χ1) is 7.72. The smallest absolute Gasteiger partial charge is 0.374 e. The third kappa shape index (κ3) is 1.84. The van der Waals surface area contributed by atoms with E-state index in [0.717, 1.165) is 5.56 Å². The fourth-order valence-electron chi connectivity index (χ4n) is 1.52. The van der Waals surface area contributed by atoms with Gasteiger partial charge in [-0.1, -0.05) is 12.1 Å². The molecule has 1 atom stereocenters. The van der Waals surface area contributed by atoms with Crippen molar-refractivity contribution in [2.75, 3.05) is 6.61 Å². The standard InChI is InChI=1S/C11H11NO4/c1-2-15-9-5-3-4-8-6-7-10(12(13)14)16-11(8)9/h3-7,10H,2H2,1H3. The molecule has 0 fully saturated rings. The van der Waals surface area contributed by atoms with Crippen LogP contribution in [0, 0.1) is 10.1 Å². The summed E-state index contributed by atoms with van der Waals surface area (Å²) in [5.74, 6) is 0.977. The summed E-state index contributed by atoms with van der Waals surface area (Å²) in [6.07, 6.45) is 1.96. The van der Waals surface area contributed by atoms with Gasteiger partial charge in [-0.25, -0.2) is 0 Å². The topological polar surface area (TPSA) is 61.6 Å². The number of nitro groups is 1. The minimum absolute atomic E-state index is 0.438. The Kier molecular flexibility index (Phi) is 2.76. The van der Waals surface area contributed by atoms with E-state index in [-0.39, 0.29) is 0 Å². The van der Waals surface area contributed by atoms with Crippen molar-refractivity contribution in [1.29, 1.82) is 0 Å². The number of ether oxygens (including phenoxy) is 2. The van der Waals surface area contributed by atoms with Gasteiger partial charge < -0.3 is 9.47 Å². The maximum Gasteiger partial charge on any atom is 0.374 e. The summed E-state index contributed by atoms with van der Waals surface area (Å²) < 4.78 is 10.6. The lowest BCUT2D eigenvalue weighted by atomic mass is 10.1. The number of nitrogens with zero attached hydrogens (tertiary/aromatic N) is 1. The highest BCUT2D eigenvalue weighted by Gasteiger charge is 2.25. The van der Waals surface area contributed by atoms with Gasteiger partial charge in [0.2, 0.25) is 0 Å². The van der Waals surface area contributed by atoms with Gasteiger partial charge in [0.25, 0.3) is 0 Å². The predicted octanol–water partition coefficient (Wildman–Crippen LogP) is 2.09. The van der Waals surface area contributed by atoms with Gasteiger partial charge in [-0.2, -0.15) is 0 Å². The maximum atomic E-state index is 10.6. The number of hydrogen-bond acceptors (Lipinski definition) is 4. The predicted molar refractivity (Wildman–Crippen MR) is 58.1 cm³/mol. The molecule has 0 radical (unpaired) electrons. The van der Waals surface area contributed by atoms with Gasteiger partial charge in [-0.05, 0) is 19.1 Å². The lowest BCUT2D eigenvalue weighted by molar-refractivity contribution is -0.548. The molecule has 1 aromatic carbocycles. The summed E-state index contributed by atoms with van der Waals surface area (Å²) in [6.45, 7) is 2.34. The van der Waals surface area contributed by atoms with Crippen LogP contribution in [0.5, 0.6) is 11.5 Å². The molecule has 0 bridgehead atoms. The molecule has 1 aromatic rings. The molecule has 0 saturated carbocycles. The Morgan fingerprint density at radius 2 is 2.38 bits per heavy atom. The quantitative estimate of drug-likeness (QED) is 0.579. The van der Waals surface area contributed by atoms with E-state index in [2.05, 4.69) is 0 Å². The molecule has 0 amide bonds. The molecular weight excluding hydrogens is 210 g/mol. The molecule has 1 aliphatic rings. The first-order valence-electron chi connectivity index (χ1n) is 4.96. The zero-order valence-corrected chi connectivity index (χ0v) is 8.75. The normalized spacial score (nSPS) is 17.4. The first-order valence-corrected chi connectivity index (χ1v) is 4.96. The third-order valence-corrected chi connectivity index (χ3v) is 2.20. The van der Waals surface area contributed by atoms with Crippen molar-refractivity contribution < 1.29 is 14.4 Å². The second-order valence-electron chi connectivity index (χ2n) is 3.26. The average Bonchev–Trinajstić information content (AvgIpc) is 2.29. The van der Waals surface area contributed by atoms with Gasteiger partial charge in [-0.15, -0.1) is 0 Å². The molecule has 1 unspecified atom stereocenters. The van der Waals surface area contributed by atoms with E-state index in [1.807, 2.05) is 19.1 Å². The van der Waals surface area contributed by atoms with Crippen LogP contribution in [0.15, 0.2) is 24.3 Å². The number of para-hydroxylation sites is 1. The van der Waals surface area contributed by atoms with Crippen LogP contribution in [0.2, 0.25) is 0 Å². The van der Waals surface area contributed by atoms with Crippen LogP contribution in [0.1, 0.15) is 12.5 Å². The number of rotatable bonds is 3. The highest BCUT2D eigenvalue weighted by Crippen LogP contribution is 2.35. The second-order valence-corrected chi connectivity index (χ2v) is 3.26. The van der Waals surface area contributed by atoms with Crippen LogP contribution in [0.25, 0.3) is 6.08 Å². The molecule has 0 saturated heterocycles. The molecule has 0 aliphatic carbocycles. The fourth-order valence-corrected chi connectivity index (χ4v) is 1.52. The minimum Gasteiger partial charge on any atom is -0.490 e. The Morgan fingerprint density at radius 3 is 3.06 bits per heavy atom. The zero-order chi connectivity index (χ0) is 11.5. The molecule has 5 nitrogen and oxygen atoms in total. The number of benzene rings is 1. The Labute approximate surface area is 92.4 Å². The fraction of sp³-hybridized carbons (Fsp3) is 0.273. The monoisotopic (exact) mass is 221 g/mol. The molecule has 0 aromatic heterocycles. The van der Waals surface area contributed by atoms with Gasteiger partial charge in [0.15, 0.2) is 11.5 Å². The summed E-state index contributed by atoms with van der Waals surface area (Å²) >= 11 is 0. The Balaban J connectivity index is 2.36. The van der Waals surface area contributed by atoms with Crippen molar-refractivity contribution in [3.8, 4) is 11.5 Å². The van der Waals surface area contributed by atoms with Gasteiger partial charge in [0.05, 0.1) is 11.5 Å². The Bertz CT molecular complexity index is 442. The van der Waals surface area contributed by atoms with Crippen molar-refractivity contribution in [3.63, 3.8) is 0 Å². The highest BCUT2D eigenvalue weighted by atomic mass is 16.7. The average molecular weight is 221 g/mol. The van der Waals surface area contributed by atoms with Gasteiger partial charge >= 0.3 is 6.23 Å². The number of fused-ring (bicyclic) bond motifs is 1. The first kappa shape index (κ1) is 10.5.